The quantitative estimate of drug-likeness (QED) is 0.566. The highest BCUT2D eigenvalue weighted by molar-refractivity contribution is 7.99. The monoisotopic (exact) mass is 341 g/mol. The van der Waals surface area contributed by atoms with E-state index in [-0.39, 0.29) is 5.43 Å². The number of pyridine rings is 1. The van der Waals surface area contributed by atoms with Crippen LogP contribution in [0.4, 0.5) is 13.2 Å². The zero-order valence-electron chi connectivity index (χ0n) is 13.0. The lowest BCUT2D eigenvalue weighted by atomic mass is 10.0. The molecule has 2 aromatic rings. The first-order valence-electron chi connectivity index (χ1n) is 7.33. The molecule has 2 rings (SSSR count). The molecule has 6 heteroatoms. The predicted molar refractivity (Wildman–Crippen MR) is 87.8 cm³/mol. The minimum absolute atomic E-state index is 0.219. The number of hydrogen-bond acceptors (Lipinski definition) is 2. The van der Waals surface area contributed by atoms with Crippen molar-refractivity contribution in [3.8, 4) is 11.1 Å². The van der Waals surface area contributed by atoms with Crippen LogP contribution in [0.5, 0.6) is 0 Å². The number of hydrogen-bond donors (Lipinski definition) is 0. The number of thioether (sulfide) groups is 1. The van der Waals surface area contributed by atoms with E-state index in [9.17, 15) is 18.0 Å². The summed E-state index contributed by atoms with van der Waals surface area (Å²) in [6.45, 7) is 2.07. The van der Waals surface area contributed by atoms with E-state index in [4.69, 9.17) is 0 Å². The molecule has 0 saturated carbocycles. The van der Waals surface area contributed by atoms with Crippen molar-refractivity contribution in [3.63, 3.8) is 0 Å². The van der Waals surface area contributed by atoms with E-state index in [1.165, 1.54) is 23.9 Å². The molecule has 0 saturated heterocycles. The van der Waals surface area contributed by atoms with Crippen LogP contribution in [0.25, 0.3) is 11.1 Å². The van der Waals surface area contributed by atoms with E-state index in [1.54, 1.807) is 24.0 Å². The van der Waals surface area contributed by atoms with Gasteiger partial charge in [-0.3, -0.25) is 4.79 Å². The van der Waals surface area contributed by atoms with E-state index in [0.717, 1.165) is 30.7 Å². The van der Waals surface area contributed by atoms with Crippen molar-refractivity contribution in [3.05, 3.63) is 52.4 Å². The van der Waals surface area contributed by atoms with E-state index < -0.39 is 11.7 Å². The van der Waals surface area contributed by atoms with Gasteiger partial charge in [-0.05, 0) is 29.9 Å². The SMILES string of the molecule is CCCCSc1cn(C)cc(-c2cccc(C(F)(F)F)c2)c1=O. The summed E-state index contributed by atoms with van der Waals surface area (Å²) < 4.78 is 40.3. The number of rotatable bonds is 5. The number of aromatic nitrogens is 1. The molecule has 0 aliphatic carbocycles. The highest BCUT2D eigenvalue weighted by Crippen LogP contribution is 2.31. The van der Waals surface area contributed by atoms with Crippen molar-refractivity contribution in [1.29, 1.82) is 0 Å². The summed E-state index contributed by atoms with van der Waals surface area (Å²) in [5.41, 5.74) is -0.386. The molecule has 1 aromatic carbocycles. The van der Waals surface area contributed by atoms with Crippen molar-refractivity contribution >= 4 is 11.8 Å². The Bertz CT molecular complexity index is 737. The lowest BCUT2D eigenvalue weighted by Crippen LogP contribution is -2.12. The van der Waals surface area contributed by atoms with Crippen LogP contribution in [-0.2, 0) is 13.2 Å². The molecule has 1 aromatic heterocycles. The first-order valence-corrected chi connectivity index (χ1v) is 8.32. The Balaban J connectivity index is 2.45. The molecular formula is C17H18F3NOS. The molecule has 0 N–H and O–H groups in total. The van der Waals surface area contributed by atoms with Crippen LogP contribution in [-0.4, -0.2) is 10.3 Å². The Morgan fingerprint density at radius 3 is 2.61 bits per heavy atom. The Morgan fingerprint density at radius 2 is 1.96 bits per heavy atom. The molecule has 23 heavy (non-hydrogen) atoms. The minimum atomic E-state index is -4.42. The van der Waals surface area contributed by atoms with Gasteiger partial charge in [0.25, 0.3) is 0 Å². The van der Waals surface area contributed by atoms with Crippen molar-refractivity contribution in [2.24, 2.45) is 7.05 Å². The minimum Gasteiger partial charge on any atom is -0.355 e. The molecule has 1 heterocycles. The number of alkyl halides is 3. The van der Waals surface area contributed by atoms with Crippen LogP contribution >= 0.6 is 11.8 Å². The summed E-state index contributed by atoms with van der Waals surface area (Å²) in [4.78, 5) is 13.1. The third-order valence-electron chi connectivity index (χ3n) is 3.38. The van der Waals surface area contributed by atoms with Crippen molar-refractivity contribution in [1.82, 2.24) is 4.57 Å². The summed E-state index contributed by atoms with van der Waals surface area (Å²) in [5, 5.41) is 0. The Labute approximate surface area is 137 Å². The average molecular weight is 341 g/mol. The molecule has 2 nitrogen and oxygen atoms in total. The fraction of sp³-hybridized carbons (Fsp3) is 0.353. The molecule has 0 fully saturated rings. The van der Waals surface area contributed by atoms with Crippen molar-refractivity contribution < 1.29 is 13.2 Å². The summed E-state index contributed by atoms with van der Waals surface area (Å²) in [6, 6.07) is 4.89. The van der Waals surface area contributed by atoms with Gasteiger partial charge in [0.15, 0.2) is 0 Å². The maximum Gasteiger partial charge on any atom is 0.416 e. The maximum atomic E-state index is 12.9. The third-order valence-corrected chi connectivity index (χ3v) is 4.47. The molecule has 0 aliphatic rings. The lowest BCUT2D eigenvalue weighted by Gasteiger charge is -2.11. The molecular weight excluding hydrogens is 323 g/mol. The molecule has 0 bridgehead atoms. The zero-order chi connectivity index (χ0) is 17.0. The summed E-state index contributed by atoms with van der Waals surface area (Å²) in [6.07, 6.45) is 0.887. The van der Waals surface area contributed by atoms with Gasteiger partial charge in [-0.25, -0.2) is 0 Å². The maximum absolute atomic E-state index is 12.9. The fourth-order valence-electron chi connectivity index (χ4n) is 2.17. The molecule has 124 valence electrons. The molecule has 0 atom stereocenters. The van der Waals surface area contributed by atoms with E-state index in [2.05, 4.69) is 6.92 Å². The molecule has 0 radical (unpaired) electrons. The highest BCUT2D eigenvalue weighted by Gasteiger charge is 2.30. The van der Waals surface area contributed by atoms with Crippen LogP contribution < -0.4 is 5.43 Å². The van der Waals surface area contributed by atoms with Crippen LogP contribution in [0.2, 0.25) is 0 Å². The Morgan fingerprint density at radius 1 is 1.22 bits per heavy atom. The number of halogens is 3. The summed E-state index contributed by atoms with van der Waals surface area (Å²) in [7, 11) is 1.76. The van der Waals surface area contributed by atoms with Crippen molar-refractivity contribution in [2.45, 2.75) is 30.8 Å². The number of aryl methyl sites for hydroxylation is 1. The molecule has 0 spiro atoms. The third kappa shape index (κ3) is 4.41. The summed E-state index contributed by atoms with van der Waals surface area (Å²) in [5.74, 6) is 0.817. The van der Waals surface area contributed by atoms with Gasteiger partial charge in [0.1, 0.15) is 0 Å². The van der Waals surface area contributed by atoms with Gasteiger partial charge >= 0.3 is 6.18 Å². The summed E-state index contributed by atoms with van der Waals surface area (Å²) >= 11 is 1.45. The second-order valence-corrected chi connectivity index (χ2v) is 6.45. The van der Waals surface area contributed by atoms with Gasteiger partial charge < -0.3 is 4.57 Å². The fourth-order valence-corrected chi connectivity index (χ4v) is 3.31. The van der Waals surface area contributed by atoms with Crippen molar-refractivity contribution in [2.75, 3.05) is 5.75 Å². The normalized spacial score (nSPS) is 11.7. The van der Waals surface area contributed by atoms with E-state index in [0.29, 0.717) is 16.0 Å². The van der Waals surface area contributed by atoms with Crippen LogP contribution in [0, 0.1) is 0 Å². The van der Waals surface area contributed by atoms with Crippen LogP contribution in [0.15, 0.2) is 46.3 Å². The zero-order valence-corrected chi connectivity index (χ0v) is 13.8. The average Bonchev–Trinajstić information content (AvgIpc) is 2.50. The predicted octanol–water partition coefficient (Wildman–Crippen LogP) is 4.96. The smallest absolute Gasteiger partial charge is 0.355 e. The van der Waals surface area contributed by atoms with Gasteiger partial charge in [0.05, 0.1) is 10.5 Å². The van der Waals surface area contributed by atoms with Crippen LogP contribution in [0.3, 0.4) is 0 Å². The molecule has 0 unspecified atom stereocenters. The van der Waals surface area contributed by atoms with E-state index >= 15 is 0 Å². The second-order valence-electron chi connectivity index (χ2n) is 5.31. The van der Waals surface area contributed by atoms with Gasteiger partial charge in [-0.2, -0.15) is 13.2 Å². The first kappa shape index (κ1) is 17.7. The number of unbranched alkanes of at least 4 members (excludes halogenated alkanes) is 1. The number of benzene rings is 1. The lowest BCUT2D eigenvalue weighted by molar-refractivity contribution is -0.137. The van der Waals surface area contributed by atoms with Gasteiger partial charge in [-0.1, -0.05) is 25.5 Å². The molecule has 0 aliphatic heterocycles. The Hall–Kier alpha value is -1.69. The standard InChI is InChI=1S/C17H18F3NOS/c1-3-4-8-23-15-11-21(2)10-14(16(15)22)12-6-5-7-13(9-12)17(18,19)20/h5-7,9-11H,3-4,8H2,1-2H3. The highest BCUT2D eigenvalue weighted by atomic mass is 32.2. The van der Waals surface area contributed by atoms with Gasteiger partial charge in [-0.15, -0.1) is 11.8 Å². The Kier molecular flexibility index (Phi) is 5.57. The topological polar surface area (TPSA) is 22.0 Å². The van der Waals surface area contributed by atoms with E-state index in [1.807, 2.05) is 0 Å². The van der Waals surface area contributed by atoms with Gasteiger partial charge in [0, 0.05) is 25.0 Å². The number of nitrogens with zero attached hydrogens (tertiary/aromatic N) is 1. The molecule has 0 amide bonds. The van der Waals surface area contributed by atoms with Gasteiger partial charge in [0.2, 0.25) is 5.43 Å². The second kappa shape index (κ2) is 7.25. The van der Waals surface area contributed by atoms with Crippen LogP contribution in [0.1, 0.15) is 25.3 Å². The largest absolute Gasteiger partial charge is 0.416 e. The first-order chi connectivity index (χ1) is 10.8.